The molecule has 22 heavy (non-hydrogen) atoms. The van der Waals surface area contributed by atoms with Crippen LogP contribution in [0.4, 0.5) is 5.82 Å². The number of aromatic nitrogens is 2. The van der Waals surface area contributed by atoms with Gasteiger partial charge in [-0.05, 0) is 36.8 Å². The molecule has 1 heterocycles. The standard InChI is InChI=1S/C16H15N3O2S/c1-11-9-16(18-12(2)17-11)19-22(20,21)15-8-7-13-5-3-4-6-14(13)10-15/h3-10H,1-2H3,(H,17,18,19). The van der Waals surface area contributed by atoms with Crippen molar-refractivity contribution < 1.29 is 8.42 Å². The van der Waals surface area contributed by atoms with Crippen LogP contribution in [0.1, 0.15) is 11.5 Å². The highest BCUT2D eigenvalue weighted by Crippen LogP contribution is 2.21. The van der Waals surface area contributed by atoms with Crippen LogP contribution < -0.4 is 4.72 Å². The molecule has 3 aromatic rings. The summed E-state index contributed by atoms with van der Waals surface area (Å²) in [5.41, 5.74) is 0.712. The average Bonchev–Trinajstić information content (AvgIpc) is 2.45. The molecule has 0 aliphatic carbocycles. The van der Waals surface area contributed by atoms with Gasteiger partial charge in [-0.3, -0.25) is 4.72 Å². The first kappa shape index (κ1) is 14.5. The third-order valence-corrected chi connectivity index (χ3v) is 4.59. The number of hydrogen-bond acceptors (Lipinski definition) is 4. The van der Waals surface area contributed by atoms with E-state index < -0.39 is 10.0 Å². The minimum atomic E-state index is -3.68. The summed E-state index contributed by atoms with van der Waals surface area (Å²) in [6.45, 7) is 3.52. The van der Waals surface area contributed by atoms with E-state index in [1.54, 1.807) is 38.1 Å². The number of rotatable bonds is 3. The molecule has 0 atom stereocenters. The number of nitrogens with zero attached hydrogens (tertiary/aromatic N) is 2. The van der Waals surface area contributed by atoms with Gasteiger partial charge in [0.15, 0.2) is 0 Å². The third kappa shape index (κ3) is 2.92. The number of hydrogen-bond donors (Lipinski definition) is 1. The van der Waals surface area contributed by atoms with Gasteiger partial charge in [-0.2, -0.15) is 0 Å². The number of benzene rings is 2. The van der Waals surface area contributed by atoms with E-state index in [9.17, 15) is 8.42 Å². The molecule has 0 fully saturated rings. The number of nitrogens with one attached hydrogen (secondary N) is 1. The molecule has 0 unspecified atom stereocenters. The molecule has 0 amide bonds. The maximum atomic E-state index is 12.5. The molecule has 3 rings (SSSR count). The Labute approximate surface area is 129 Å². The van der Waals surface area contributed by atoms with Crippen LogP contribution in [0.25, 0.3) is 10.8 Å². The third-order valence-electron chi connectivity index (χ3n) is 3.24. The van der Waals surface area contributed by atoms with E-state index in [4.69, 9.17) is 0 Å². The van der Waals surface area contributed by atoms with Gasteiger partial charge in [-0.15, -0.1) is 0 Å². The SMILES string of the molecule is Cc1cc(NS(=O)(=O)c2ccc3ccccc3c2)nc(C)n1. The smallest absolute Gasteiger partial charge is 0.263 e. The largest absolute Gasteiger partial charge is 0.263 e. The lowest BCUT2D eigenvalue weighted by atomic mass is 10.1. The maximum absolute atomic E-state index is 12.5. The Morgan fingerprint density at radius 2 is 1.64 bits per heavy atom. The Hall–Kier alpha value is -2.47. The van der Waals surface area contributed by atoms with Gasteiger partial charge in [0, 0.05) is 11.8 Å². The number of aryl methyl sites for hydroxylation is 2. The summed E-state index contributed by atoms with van der Waals surface area (Å²) >= 11 is 0. The summed E-state index contributed by atoms with van der Waals surface area (Å²) in [6, 6.07) is 14.3. The Balaban J connectivity index is 2.00. The summed E-state index contributed by atoms with van der Waals surface area (Å²) in [6.07, 6.45) is 0. The van der Waals surface area contributed by atoms with Crippen molar-refractivity contribution in [1.82, 2.24) is 9.97 Å². The van der Waals surface area contributed by atoms with E-state index in [1.165, 1.54) is 0 Å². The predicted molar refractivity (Wildman–Crippen MR) is 86.3 cm³/mol. The normalized spacial score (nSPS) is 11.5. The Morgan fingerprint density at radius 1 is 0.909 bits per heavy atom. The molecule has 0 aliphatic rings. The molecule has 1 aromatic heterocycles. The van der Waals surface area contributed by atoms with Gasteiger partial charge < -0.3 is 0 Å². The highest BCUT2D eigenvalue weighted by Gasteiger charge is 2.15. The van der Waals surface area contributed by atoms with Gasteiger partial charge in [0.1, 0.15) is 11.6 Å². The van der Waals surface area contributed by atoms with Crippen LogP contribution in [-0.2, 0) is 10.0 Å². The molecule has 0 saturated carbocycles. The summed E-state index contributed by atoms with van der Waals surface area (Å²) in [5, 5.41) is 1.87. The van der Waals surface area contributed by atoms with E-state index in [1.807, 2.05) is 24.3 Å². The van der Waals surface area contributed by atoms with Crippen molar-refractivity contribution in [3.63, 3.8) is 0 Å². The van der Waals surface area contributed by atoms with Crippen LogP contribution in [0.3, 0.4) is 0 Å². The van der Waals surface area contributed by atoms with Crippen LogP contribution in [-0.4, -0.2) is 18.4 Å². The van der Waals surface area contributed by atoms with E-state index in [0.717, 1.165) is 10.8 Å². The highest BCUT2D eigenvalue weighted by molar-refractivity contribution is 7.92. The quantitative estimate of drug-likeness (QED) is 0.806. The fraction of sp³-hybridized carbons (Fsp3) is 0.125. The van der Waals surface area contributed by atoms with Crippen LogP contribution in [0.15, 0.2) is 53.4 Å². The number of sulfonamides is 1. The maximum Gasteiger partial charge on any atom is 0.263 e. The molecule has 0 saturated heterocycles. The molecule has 112 valence electrons. The van der Waals surface area contributed by atoms with Gasteiger partial charge in [-0.1, -0.05) is 30.3 Å². The molecule has 2 aromatic carbocycles. The lowest BCUT2D eigenvalue weighted by Gasteiger charge is -2.09. The molecule has 6 heteroatoms. The first-order valence-corrected chi connectivity index (χ1v) is 8.26. The second-order valence-corrected chi connectivity index (χ2v) is 6.74. The van der Waals surface area contributed by atoms with Crippen LogP contribution in [0, 0.1) is 13.8 Å². The van der Waals surface area contributed by atoms with E-state index >= 15 is 0 Å². The summed E-state index contributed by atoms with van der Waals surface area (Å²) in [5.74, 6) is 0.800. The number of anilines is 1. The van der Waals surface area contributed by atoms with Crippen LogP contribution in [0.5, 0.6) is 0 Å². The Kier molecular flexibility index (Phi) is 3.54. The summed E-state index contributed by atoms with van der Waals surface area (Å²) in [4.78, 5) is 8.45. The van der Waals surface area contributed by atoms with Gasteiger partial charge in [0.05, 0.1) is 4.90 Å². The Morgan fingerprint density at radius 3 is 2.36 bits per heavy atom. The second kappa shape index (κ2) is 5.38. The highest BCUT2D eigenvalue weighted by atomic mass is 32.2. The van der Waals surface area contributed by atoms with E-state index in [2.05, 4.69) is 14.7 Å². The zero-order valence-electron chi connectivity index (χ0n) is 12.2. The topological polar surface area (TPSA) is 72.0 Å². The minimum Gasteiger partial charge on any atom is -0.263 e. The molecular weight excluding hydrogens is 298 g/mol. The lowest BCUT2D eigenvalue weighted by Crippen LogP contribution is -2.14. The van der Waals surface area contributed by atoms with Gasteiger partial charge in [0.25, 0.3) is 10.0 Å². The number of fused-ring (bicyclic) bond motifs is 1. The summed E-state index contributed by atoms with van der Waals surface area (Å²) < 4.78 is 27.5. The average molecular weight is 313 g/mol. The van der Waals surface area contributed by atoms with Crippen molar-refractivity contribution in [2.75, 3.05) is 4.72 Å². The molecule has 0 radical (unpaired) electrons. The van der Waals surface area contributed by atoms with Crippen LogP contribution >= 0.6 is 0 Å². The molecule has 1 N–H and O–H groups in total. The first-order valence-electron chi connectivity index (χ1n) is 6.78. The molecule has 0 bridgehead atoms. The predicted octanol–water partition coefficient (Wildman–Crippen LogP) is 3.05. The van der Waals surface area contributed by atoms with Crippen molar-refractivity contribution in [2.45, 2.75) is 18.7 Å². The minimum absolute atomic E-state index is 0.208. The van der Waals surface area contributed by atoms with Gasteiger partial charge >= 0.3 is 0 Å². The zero-order valence-corrected chi connectivity index (χ0v) is 13.1. The fourth-order valence-electron chi connectivity index (χ4n) is 2.30. The van der Waals surface area contributed by atoms with Crippen LogP contribution in [0.2, 0.25) is 0 Å². The zero-order chi connectivity index (χ0) is 15.7. The molecule has 0 aliphatic heterocycles. The molecule has 5 nitrogen and oxygen atoms in total. The van der Waals surface area contributed by atoms with Gasteiger partial charge in [-0.25, -0.2) is 18.4 Å². The molecular formula is C16H15N3O2S. The van der Waals surface area contributed by atoms with Crippen molar-refractivity contribution in [3.05, 3.63) is 60.0 Å². The molecule has 0 spiro atoms. The first-order chi connectivity index (χ1) is 10.4. The monoisotopic (exact) mass is 313 g/mol. The van der Waals surface area contributed by atoms with Crippen molar-refractivity contribution in [2.24, 2.45) is 0 Å². The van der Waals surface area contributed by atoms with Gasteiger partial charge in [0.2, 0.25) is 0 Å². The van der Waals surface area contributed by atoms with Crippen molar-refractivity contribution in [1.29, 1.82) is 0 Å². The van der Waals surface area contributed by atoms with Crippen molar-refractivity contribution >= 4 is 26.6 Å². The second-order valence-electron chi connectivity index (χ2n) is 5.06. The van der Waals surface area contributed by atoms with Crippen molar-refractivity contribution in [3.8, 4) is 0 Å². The van der Waals surface area contributed by atoms with E-state index in [-0.39, 0.29) is 10.7 Å². The lowest BCUT2D eigenvalue weighted by molar-refractivity contribution is 0.601. The summed E-state index contributed by atoms with van der Waals surface area (Å²) in [7, 11) is -3.68. The Bertz CT molecular complexity index is 932. The fourth-order valence-corrected chi connectivity index (χ4v) is 3.33. The van der Waals surface area contributed by atoms with E-state index in [0.29, 0.717) is 11.5 Å².